The lowest BCUT2D eigenvalue weighted by Gasteiger charge is -2.28. The van der Waals surface area contributed by atoms with Gasteiger partial charge in [-0.2, -0.15) is 0 Å². The van der Waals surface area contributed by atoms with Crippen LogP contribution in [0.15, 0.2) is 29.2 Å². The maximum absolute atomic E-state index is 5.43. The molecule has 0 aromatic heterocycles. The molecule has 0 radical (unpaired) electrons. The lowest BCUT2D eigenvalue weighted by molar-refractivity contribution is 0.0702. The van der Waals surface area contributed by atoms with E-state index in [0.29, 0.717) is 0 Å². The van der Waals surface area contributed by atoms with Crippen LogP contribution >= 0.6 is 24.0 Å². The minimum Gasteiger partial charge on any atom is -0.378 e. The molecule has 86 valence electrons. The molecule has 1 aliphatic heterocycles. The lowest BCUT2D eigenvalue weighted by Crippen LogP contribution is -2.38. The molecule has 1 heterocycles. The summed E-state index contributed by atoms with van der Waals surface area (Å²) in [6.45, 7) is 5.50. The fourth-order valence-corrected chi connectivity index (χ4v) is 2.97. The van der Waals surface area contributed by atoms with Crippen LogP contribution < -0.4 is 0 Å². The summed E-state index contributed by atoms with van der Waals surface area (Å²) in [5.74, 6) is 0. The smallest absolute Gasteiger partial charge is 0.141 e. The molecule has 16 heavy (non-hydrogen) atoms. The van der Waals surface area contributed by atoms with Gasteiger partial charge in [-0.1, -0.05) is 41.7 Å². The summed E-state index contributed by atoms with van der Waals surface area (Å²) in [4.78, 5) is 3.43. The predicted octanol–water partition coefficient (Wildman–Crippen LogP) is 2.70. The molecule has 0 saturated carbocycles. The fraction of sp³-hybridized carbons (Fsp3) is 0.417. The normalized spacial score (nSPS) is 16.2. The highest BCUT2D eigenvalue weighted by Gasteiger charge is 2.14. The van der Waals surface area contributed by atoms with Crippen LogP contribution in [0.3, 0.4) is 0 Å². The summed E-state index contributed by atoms with van der Waals surface area (Å²) < 4.78 is 6.26. The van der Waals surface area contributed by atoms with Crippen molar-refractivity contribution in [3.63, 3.8) is 0 Å². The van der Waals surface area contributed by atoms with Gasteiger partial charge in [0.15, 0.2) is 0 Å². The molecule has 0 aliphatic carbocycles. The van der Waals surface area contributed by atoms with Crippen LogP contribution in [0.5, 0.6) is 0 Å². The van der Waals surface area contributed by atoms with E-state index < -0.39 is 0 Å². The Morgan fingerprint density at radius 1 is 1.38 bits per heavy atom. The number of rotatable bonds is 1. The average molecular weight is 253 g/mol. The first-order valence-corrected chi connectivity index (χ1v) is 6.59. The van der Waals surface area contributed by atoms with Crippen molar-refractivity contribution in [3.05, 3.63) is 29.8 Å². The van der Waals surface area contributed by atoms with E-state index in [1.54, 1.807) is 11.8 Å². The van der Waals surface area contributed by atoms with E-state index in [0.717, 1.165) is 30.6 Å². The Bertz CT molecular complexity index is 375. The molecule has 1 aliphatic rings. The highest BCUT2D eigenvalue weighted by Crippen LogP contribution is 2.23. The number of hydrogen-bond donors (Lipinski definition) is 0. The number of thioether (sulfide) groups is 1. The van der Waals surface area contributed by atoms with E-state index in [1.165, 1.54) is 10.5 Å². The largest absolute Gasteiger partial charge is 0.378 e. The van der Waals surface area contributed by atoms with E-state index >= 15 is 0 Å². The molecule has 0 spiro atoms. The first kappa shape index (κ1) is 11.9. The zero-order valence-corrected chi connectivity index (χ0v) is 10.9. The molecule has 1 saturated heterocycles. The standard InChI is InChI=1S/C12H15NOS2/c1-10-3-2-4-11(9-10)16-12(15)13-5-7-14-8-6-13/h2-4,9H,5-8H2,1H3. The fourth-order valence-electron chi connectivity index (χ4n) is 1.59. The van der Waals surface area contributed by atoms with E-state index in [2.05, 4.69) is 36.1 Å². The summed E-state index contributed by atoms with van der Waals surface area (Å²) >= 11 is 7.10. The molecule has 0 atom stereocenters. The minimum absolute atomic E-state index is 0.786. The first-order valence-electron chi connectivity index (χ1n) is 5.37. The van der Waals surface area contributed by atoms with Gasteiger partial charge in [0.05, 0.1) is 13.2 Å². The van der Waals surface area contributed by atoms with Crippen LogP contribution in [0, 0.1) is 6.92 Å². The SMILES string of the molecule is Cc1cccc(SC(=S)N2CCOCC2)c1. The Labute approximate surface area is 106 Å². The number of ether oxygens (including phenoxy) is 1. The van der Waals surface area contributed by atoms with Crippen LogP contribution in [0.25, 0.3) is 0 Å². The van der Waals surface area contributed by atoms with Gasteiger partial charge >= 0.3 is 0 Å². The highest BCUT2D eigenvalue weighted by atomic mass is 32.2. The van der Waals surface area contributed by atoms with E-state index in [-0.39, 0.29) is 0 Å². The molecule has 2 rings (SSSR count). The summed E-state index contributed by atoms with van der Waals surface area (Å²) in [5, 5.41) is 0. The van der Waals surface area contributed by atoms with Gasteiger partial charge in [0.2, 0.25) is 0 Å². The van der Waals surface area contributed by atoms with Gasteiger partial charge in [-0.05, 0) is 19.1 Å². The zero-order valence-electron chi connectivity index (χ0n) is 9.31. The Kier molecular flexibility index (Phi) is 4.21. The zero-order chi connectivity index (χ0) is 11.4. The van der Waals surface area contributed by atoms with Gasteiger partial charge in [-0.25, -0.2) is 0 Å². The summed E-state index contributed by atoms with van der Waals surface area (Å²) in [7, 11) is 0. The van der Waals surface area contributed by atoms with E-state index in [9.17, 15) is 0 Å². The molecule has 1 fully saturated rings. The first-order chi connectivity index (χ1) is 7.75. The van der Waals surface area contributed by atoms with Crippen molar-refractivity contribution in [2.75, 3.05) is 26.3 Å². The molecule has 0 amide bonds. The Morgan fingerprint density at radius 3 is 2.81 bits per heavy atom. The van der Waals surface area contributed by atoms with E-state index in [4.69, 9.17) is 17.0 Å². The second kappa shape index (κ2) is 5.66. The number of nitrogens with zero attached hydrogens (tertiary/aromatic N) is 1. The minimum atomic E-state index is 0.786. The van der Waals surface area contributed by atoms with Crippen molar-refractivity contribution >= 4 is 28.3 Å². The summed E-state index contributed by atoms with van der Waals surface area (Å²) in [6, 6.07) is 8.43. The number of thiocarbonyl (C=S) groups is 1. The molecular formula is C12H15NOS2. The highest BCUT2D eigenvalue weighted by molar-refractivity contribution is 8.22. The maximum atomic E-state index is 5.43. The number of aryl methyl sites for hydroxylation is 1. The summed E-state index contributed by atoms with van der Waals surface area (Å²) in [6.07, 6.45) is 0. The van der Waals surface area contributed by atoms with Crippen molar-refractivity contribution in [3.8, 4) is 0 Å². The van der Waals surface area contributed by atoms with E-state index in [1.807, 2.05) is 0 Å². The third-order valence-electron chi connectivity index (χ3n) is 2.46. The predicted molar refractivity (Wildman–Crippen MR) is 72.0 cm³/mol. The molecule has 1 aromatic carbocycles. The molecule has 0 bridgehead atoms. The van der Waals surface area contributed by atoms with Gasteiger partial charge in [-0.3, -0.25) is 0 Å². The molecule has 4 heteroatoms. The van der Waals surface area contributed by atoms with Gasteiger partial charge in [0, 0.05) is 18.0 Å². The van der Waals surface area contributed by atoms with Crippen molar-refractivity contribution in [2.45, 2.75) is 11.8 Å². The average Bonchev–Trinajstić information content (AvgIpc) is 2.30. The van der Waals surface area contributed by atoms with Crippen molar-refractivity contribution in [1.82, 2.24) is 4.90 Å². The van der Waals surface area contributed by atoms with Gasteiger partial charge in [0.1, 0.15) is 4.32 Å². The van der Waals surface area contributed by atoms with Crippen LogP contribution in [0.2, 0.25) is 0 Å². The van der Waals surface area contributed by atoms with Crippen molar-refractivity contribution in [2.24, 2.45) is 0 Å². The second-order valence-electron chi connectivity index (χ2n) is 3.78. The number of morpholine rings is 1. The van der Waals surface area contributed by atoms with Crippen molar-refractivity contribution in [1.29, 1.82) is 0 Å². The lowest BCUT2D eigenvalue weighted by atomic mass is 10.2. The summed E-state index contributed by atoms with van der Waals surface area (Å²) in [5.41, 5.74) is 1.27. The topological polar surface area (TPSA) is 12.5 Å². The second-order valence-corrected chi connectivity index (χ2v) is 5.49. The number of hydrogen-bond acceptors (Lipinski definition) is 3. The van der Waals surface area contributed by atoms with Crippen LogP contribution in [-0.2, 0) is 4.74 Å². The Balaban J connectivity index is 1.96. The molecule has 0 N–H and O–H groups in total. The quantitative estimate of drug-likeness (QED) is 0.563. The molecular weight excluding hydrogens is 238 g/mol. The van der Waals surface area contributed by atoms with Crippen molar-refractivity contribution < 1.29 is 4.74 Å². The molecule has 2 nitrogen and oxygen atoms in total. The molecule has 0 unspecified atom stereocenters. The van der Waals surface area contributed by atoms with Gasteiger partial charge < -0.3 is 9.64 Å². The Hall–Kier alpha value is -0.580. The maximum Gasteiger partial charge on any atom is 0.141 e. The van der Waals surface area contributed by atoms with Crippen LogP contribution in [0.4, 0.5) is 0 Å². The Morgan fingerprint density at radius 2 is 2.12 bits per heavy atom. The van der Waals surface area contributed by atoms with Gasteiger partial charge in [-0.15, -0.1) is 0 Å². The van der Waals surface area contributed by atoms with Crippen LogP contribution in [-0.4, -0.2) is 35.5 Å². The third kappa shape index (κ3) is 3.20. The third-order valence-corrected chi connectivity index (χ3v) is 3.89. The van der Waals surface area contributed by atoms with Crippen LogP contribution in [0.1, 0.15) is 5.56 Å². The van der Waals surface area contributed by atoms with Gasteiger partial charge in [0.25, 0.3) is 0 Å². The molecule has 1 aromatic rings. The number of benzene rings is 1. The monoisotopic (exact) mass is 253 g/mol.